The van der Waals surface area contributed by atoms with Gasteiger partial charge in [-0.05, 0) is 85.4 Å². The average molecular weight is 499 g/mol. The number of nitrogens with one attached hydrogen (secondary N) is 1. The van der Waals surface area contributed by atoms with Gasteiger partial charge in [0.25, 0.3) is 0 Å². The van der Waals surface area contributed by atoms with E-state index >= 15 is 0 Å². The summed E-state index contributed by atoms with van der Waals surface area (Å²) < 4.78 is 11.0. The number of para-hydroxylation sites is 1. The molecular formula is C31H34N2O4. The minimum atomic E-state index is -0.166. The first kappa shape index (κ1) is 24.9. The van der Waals surface area contributed by atoms with Crippen LogP contribution in [0, 0.1) is 5.92 Å². The zero-order valence-electron chi connectivity index (χ0n) is 21.5. The third-order valence-corrected chi connectivity index (χ3v) is 7.53. The maximum absolute atomic E-state index is 13.0. The van der Waals surface area contributed by atoms with Crippen LogP contribution in [-0.4, -0.2) is 31.8 Å². The van der Waals surface area contributed by atoms with Gasteiger partial charge in [-0.15, -0.1) is 0 Å². The summed E-state index contributed by atoms with van der Waals surface area (Å²) in [6.45, 7) is 2.47. The van der Waals surface area contributed by atoms with E-state index in [0.717, 1.165) is 48.2 Å². The van der Waals surface area contributed by atoms with Gasteiger partial charge in [-0.1, -0.05) is 48.5 Å². The fraction of sp³-hybridized carbons (Fsp3) is 0.355. The van der Waals surface area contributed by atoms with Gasteiger partial charge in [-0.3, -0.25) is 9.69 Å². The molecule has 1 heterocycles. The van der Waals surface area contributed by atoms with Crippen molar-refractivity contribution in [1.82, 2.24) is 0 Å². The molecule has 1 aliphatic carbocycles. The van der Waals surface area contributed by atoms with E-state index in [-0.39, 0.29) is 18.1 Å². The molecule has 2 aliphatic rings. The highest BCUT2D eigenvalue weighted by atomic mass is 16.5. The average Bonchev–Trinajstić information content (AvgIpc) is 2.93. The van der Waals surface area contributed by atoms with E-state index in [2.05, 4.69) is 29.6 Å². The summed E-state index contributed by atoms with van der Waals surface area (Å²) in [6.07, 6.45) is 4.76. The highest BCUT2D eigenvalue weighted by Crippen LogP contribution is 2.40. The molecule has 1 aliphatic heterocycles. The van der Waals surface area contributed by atoms with Crippen LogP contribution in [0.2, 0.25) is 0 Å². The van der Waals surface area contributed by atoms with Crippen molar-refractivity contribution < 1.29 is 19.1 Å². The number of hydrogen-bond acceptors (Lipinski definition) is 4. The van der Waals surface area contributed by atoms with Crippen LogP contribution in [0.25, 0.3) is 11.1 Å². The van der Waals surface area contributed by atoms with E-state index in [1.807, 2.05) is 55.5 Å². The summed E-state index contributed by atoms with van der Waals surface area (Å²) in [6, 6.07) is 24.2. The molecule has 2 amide bonds. The standard InChI is InChI=1S/C31H34N2O4/c1-21-20-33(31(35)32-27-6-4-3-5-7-27)28-17-16-26(19-29(28)37-21)25-14-12-24(13-15-25)23-10-8-22(9-11-23)18-30(34)36-2/h3-7,12-17,19,21-23H,8-11,18,20H2,1-2H3,(H,32,35). The third kappa shape index (κ3) is 5.79. The van der Waals surface area contributed by atoms with Gasteiger partial charge >= 0.3 is 12.0 Å². The van der Waals surface area contributed by atoms with E-state index in [4.69, 9.17) is 9.47 Å². The minimum absolute atomic E-state index is 0.101. The van der Waals surface area contributed by atoms with Gasteiger partial charge < -0.3 is 14.8 Å². The summed E-state index contributed by atoms with van der Waals surface area (Å²) in [4.78, 5) is 26.4. The zero-order chi connectivity index (χ0) is 25.8. The van der Waals surface area contributed by atoms with Crippen LogP contribution >= 0.6 is 0 Å². The van der Waals surface area contributed by atoms with Crippen molar-refractivity contribution >= 4 is 23.4 Å². The number of hydrogen-bond donors (Lipinski definition) is 1. The van der Waals surface area contributed by atoms with Gasteiger partial charge in [0.05, 0.1) is 19.3 Å². The molecule has 0 radical (unpaired) electrons. The molecule has 6 heteroatoms. The monoisotopic (exact) mass is 498 g/mol. The molecule has 192 valence electrons. The number of carbonyl (C=O) groups excluding carboxylic acids is 2. The predicted molar refractivity (Wildman–Crippen MR) is 146 cm³/mol. The van der Waals surface area contributed by atoms with Gasteiger partial charge in [0.2, 0.25) is 0 Å². The number of fused-ring (bicyclic) bond motifs is 1. The number of esters is 1. The van der Waals surface area contributed by atoms with Crippen molar-refractivity contribution in [3.63, 3.8) is 0 Å². The summed E-state index contributed by atoms with van der Waals surface area (Å²) >= 11 is 0. The van der Waals surface area contributed by atoms with Crippen molar-refractivity contribution in [1.29, 1.82) is 0 Å². The van der Waals surface area contributed by atoms with Gasteiger partial charge in [0.1, 0.15) is 11.9 Å². The lowest BCUT2D eigenvalue weighted by molar-refractivity contribution is -0.142. The largest absolute Gasteiger partial charge is 0.487 e. The lowest BCUT2D eigenvalue weighted by Gasteiger charge is -2.33. The fourth-order valence-corrected chi connectivity index (χ4v) is 5.49. The fourth-order valence-electron chi connectivity index (χ4n) is 5.49. The lowest BCUT2D eigenvalue weighted by Crippen LogP contribution is -2.44. The quantitative estimate of drug-likeness (QED) is 0.384. The number of urea groups is 1. The van der Waals surface area contributed by atoms with Gasteiger partial charge in [0, 0.05) is 12.1 Å². The molecule has 0 spiro atoms. The van der Waals surface area contributed by atoms with E-state index in [9.17, 15) is 9.59 Å². The Kier molecular flexibility index (Phi) is 7.45. The second-order valence-corrected chi connectivity index (χ2v) is 10.1. The Hall–Kier alpha value is -3.80. The Balaban J connectivity index is 1.27. The molecule has 5 rings (SSSR count). The van der Waals surface area contributed by atoms with Crippen molar-refractivity contribution in [2.24, 2.45) is 5.92 Å². The Morgan fingerprint density at radius 2 is 1.65 bits per heavy atom. The number of nitrogens with zero attached hydrogens (tertiary/aromatic N) is 1. The van der Waals surface area contributed by atoms with Gasteiger partial charge in [-0.2, -0.15) is 0 Å². The summed E-state index contributed by atoms with van der Waals surface area (Å²) in [5.41, 5.74) is 5.07. The van der Waals surface area contributed by atoms with E-state index in [1.54, 1.807) is 4.90 Å². The molecule has 0 bridgehead atoms. The van der Waals surface area contributed by atoms with Crippen molar-refractivity contribution in [3.8, 4) is 16.9 Å². The second-order valence-electron chi connectivity index (χ2n) is 10.1. The molecule has 1 saturated carbocycles. The maximum Gasteiger partial charge on any atom is 0.326 e. The first-order valence-corrected chi connectivity index (χ1v) is 13.1. The van der Waals surface area contributed by atoms with E-state index in [0.29, 0.717) is 30.6 Å². The molecule has 1 atom stereocenters. The van der Waals surface area contributed by atoms with Crippen molar-refractivity contribution in [3.05, 3.63) is 78.4 Å². The SMILES string of the molecule is COC(=O)CC1CCC(c2ccc(-c3ccc4c(c3)OC(C)CN4C(=O)Nc3ccccc3)cc2)CC1. The Labute approximate surface area is 218 Å². The molecule has 1 unspecified atom stereocenters. The van der Waals surface area contributed by atoms with Gasteiger partial charge in [0.15, 0.2) is 0 Å². The number of benzene rings is 3. The molecule has 0 saturated heterocycles. The Morgan fingerprint density at radius 3 is 2.35 bits per heavy atom. The molecule has 37 heavy (non-hydrogen) atoms. The molecular weight excluding hydrogens is 464 g/mol. The molecule has 3 aromatic rings. The third-order valence-electron chi connectivity index (χ3n) is 7.53. The normalized spacial score (nSPS) is 20.9. The molecule has 3 aromatic carbocycles. The van der Waals surface area contributed by atoms with Crippen LogP contribution in [0.4, 0.5) is 16.2 Å². The highest BCUT2D eigenvalue weighted by molar-refractivity contribution is 6.03. The molecule has 0 aromatic heterocycles. The molecule has 1 fully saturated rings. The zero-order valence-corrected chi connectivity index (χ0v) is 21.5. The molecule has 1 N–H and O–H groups in total. The van der Waals surface area contributed by atoms with Crippen LogP contribution in [0.15, 0.2) is 72.8 Å². The van der Waals surface area contributed by atoms with Crippen LogP contribution < -0.4 is 15.0 Å². The number of rotatable bonds is 5. The molecule has 6 nitrogen and oxygen atoms in total. The lowest BCUT2D eigenvalue weighted by atomic mass is 9.77. The van der Waals surface area contributed by atoms with Crippen molar-refractivity contribution in [2.45, 2.75) is 51.0 Å². The van der Waals surface area contributed by atoms with Gasteiger partial charge in [-0.25, -0.2) is 4.79 Å². The van der Waals surface area contributed by atoms with E-state index < -0.39 is 0 Å². The van der Waals surface area contributed by atoms with E-state index in [1.165, 1.54) is 12.7 Å². The maximum atomic E-state index is 13.0. The number of methoxy groups -OCH3 is 1. The minimum Gasteiger partial charge on any atom is -0.487 e. The van der Waals surface area contributed by atoms with Crippen LogP contribution in [0.3, 0.4) is 0 Å². The number of carbonyl (C=O) groups is 2. The number of ether oxygens (including phenoxy) is 2. The predicted octanol–water partition coefficient (Wildman–Crippen LogP) is 7.01. The second kappa shape index (κ2) is 11.1. The topological polar surface area (TPSA) is 67.9 Å². The number of amides is 2. The highest BCUT2D eigenvalue weighted by Gasteiger charge is 2.28. The Morgan fingerprint density at radius 1 is 0.946 bits per heavy atom. The van der Waals surface area contributed by atoms with Crippen LogP contribution in [-0.2, 0) is 9.53 Å². The first-order chi connectivity index (χ1) is 18.0. The van der Waals surface area contributed by atoms with Crippen LogP contribution in [0.5, 0.6) is 5.75 Å². The Bertz CT molecular complexity index is 1230. The summed E-state index contributed by atoms with van der Waals surface area (Å²) in [7, 11) is 1.46. The number of anilines is 2. The summed E-state index contributed by atoms with van der Waals surface area (Å²) in [5, 5.41) is 2.98. The summed E-state index contributed by atoms with van der Waals surface area (Å²) in [5.74, 6) is 1.59. The van der Waals surface area contributed by atoms with Crippen LogP contribution in [0.1, 0.15) is 50.5 Å². The first-order valence-electron chi connectivity index (χ1n) is 13.1. The van der Waals surface area contributed by atoms with Crippen molar-refractivity contribution in [2.75, 3.05) is 23.9 Å². The smallest absolute Gasteiger partial charge is 0.326 e.